The van der Waals surface area contributed by atoms with Crippen LogP contribution in [0.4, 0.5) is 24.5 Å². The fourth-order valence-corrected chi connectivity index (χ4v) is 3.80. The molecule has 0 amide bonds. The standard InChI is InChI=1S/C19H18ClF3N2O3S/c20-16-4-1-14(2-5-16)7-12-29(26,27)24-17-13-15(19(21,22)23)3-6-18(17)25-8-10-28-11-9-25/h1-7,12-13,24H,8-11H2/b12-7+. The van der Waals surface area contributed by atoms with Crippen LogP contribution in [0.25, 0.3) is 6.08 Å². The highest BCUT2D eigenvalue weighted by Crippen LogP contribution is 2.36. The van der Waals surface area contributed by atoms with Crippen LogP contribution < -0.4 is 9.62 Å². The highest BCUT2D eigenvalue weighted by atomic mass is 35.5. The zero-order chi connectivity index (χ0) is 21.1. The Labute approximate surface area is 171 Å². The zero-order valence-electron chi connectivity index (χ0n) is 15.1. The van der Waals surface area contributed by atoms with Crippen LogP contribution in [0.5, 0.6) is 0 Å². The van der Waals surface area contributed by atoms with Gasteiger partial charge in [0.25, 0.3) is 10.0 Å². The summed E-state index contributed by atoms with van der Waals surface area (Å²) < 4.78 is 71.9. The van der Waals surface area contributed by atoms with Crippen molar-refractivity contribution in [1.29, 1.82) is 0 Å². The van der Waals surface area contributed by atoms with Crippen LogP contribution >= 0.6 is 11.6 Å². The van der Waals surface area contributed by atoms with Gasteiger partial charge < -0.3 is 9.64 Å². The van der Waals surface area contributed by atoms with Gasteiger partial charge >= 0.3 is 6.18 Å². The van der Waals surface area contributed by atoms with Gasteiger partial charge in [0.15, 0.2) is 0 Å². The highest BCUT2D eigenvalue weighted by Gasteiger charge is 2.32. The average molecular weight is 447 g/mol. The third-order valence-corrected chi connectivity index (χ3v) is 5.49. The molecule has 10 heteroatoms. The van der Waals surface area contributed by atoms with Crippen molar-refractivity contribution in [1.82, 2.24) is 0 Å². The average Bonchev–Trinajstić information content (AvgIpc) is 2.67. The molecular formula is C19H18ClF3N2O3S. The van der Waals surface area contributed by atoms with Gasteiger partial charge in [-0.2, -0.15) is 13.2 Å². The highest BCUT2D eigenvalue weighted by molar-refractivity contribution is 7.95. The molecular weight excluding hydrogens is 429 g/mol. The molecule has 1 aliphatic heterocycles. The topological polar surface area (TPSA) is 58.6 Å². The number of morpholine rings is 1. The summed E-state index contributed by atoms with van der Waals surface area (Å²) in [6.07, 6.45) is -3.26. The molecule has 0 aliphatic carbocycles. The number of hydrogen-bond donors (Lipinski definition) is 1. The molecule has 0 atom stereocenters. The minimum Gasteiger partial charge on any atom is -0.378 e. The molecule has 0 unspecified atom stereocenters. The summed E-state index contributed by atoms with van der Waals surface area (Å²) >= 11 is 5.79. The number of nitrogens with zero attached hydrogens (tertiary/aromatic N) is 1. The summed E-state index contributed by atoms with van der Waals surface area (Å²) in [6.45, 7) is 1.70. The van der Waals surface area contributed by atoms with E-state index in [1.165, 1.54) is 12.1 Å². The van der Waals surface area contributed by atoms with E-state index in [2.05, 4.69) is 4.72 Å². The van der Waals surface area contributed by atoms with Crippen LogP contribution in [0.3, 0.4) is 0 Å². The smallest absolute Gasteiger partial charge is 0.378 e. The lowest BCUT2D eigenvalue weighted by atomic mass is 10.1. The van der Waals surface area contributed by atoms with E-state index >= 15 is 0 Å². The van der Waals surface area contributed by atoms with Crippen LogP contribution in [0.15, 0.2) is 47.9 Å². The summed E-state index contributed by atoms with van der Waals surface area (Å²) in [7, 11) is -4.06. The molecule has 0 bridgehead atoms. The first-order chi connectivity index (χ1) is 13.6. The van der Waals surface area contributed by atoms with E-state index < -0.39 is 21.8 Å². The maximum Gasteiger partial charge on any atom is 0.416 e. The van der Waals surface area contributed by atoms with E-state index in [-0.39, 0.29) is 5.69 Å². The lowest BCUT2D eigenvalue weighted by molar-refractivity contribution is -0.137. The quantitative estimate of drug-likeness (QED) is 0.728. The van der Waals surface area contributed by atoms with Crippen molar-refractivity contribution in [2.75, 3.05) is 35.9 Å². The van der Waals surface area contributed by atoms with Gasteiger partial charge in [0, 0.05) is 18.1 Å². The zero-order valence-corrected chi connectivity index (χ0v) is 16.7. The van der Waals surface area contributed by atoms with Crippen molar-refractivity contribution in [3.63, 3.8) is 0 Å². The van der Waals surface area contributed by atoms with Crippen molar-refractivity contribution < 1.29 is 26.3 Å². The molecule has 5 nitrogen and oxygen atoms in total. The Balaban J connectivity index is 1.90. The van der Waals surface area contributed by atoms with Crippen LogP contribution in [0.2, 0.25) is 5.02 Å². The molecule has 2 aromatic carbocycles. The van der Waals surface area contributed by atoms with Crippen molar-refractivity contribution >= 4 is 39.1 Å². The van der Waals surface area contributed by atoms with Crippen LogP contribution in [-0.4, -0.2) is 34.7 Å². The number of hydrogen-bond acceptors (Lipinski definition) is 4. The summed E-state index contributed by atoms with van der Waals surface area (Å²) in [5.41, 5.74) is -0.127. The molecule has 2 aromatic rings. The lowest BCUT2D eigenvalue weighted by Crippen LogP contribution is -2.36. The second-order valence-electron chi connectivity index (χ2n) is 6.33. The monoisotopic (exact) mass is 446 g/mol. The molecule has 1 saturated heterocycles. The number of benzene rings is 2. The predicted octanol–water partition coefficient (Wildman–Crippen LogP) is 4.61. The van der Waals surface area contributed by atoms with Crippen LogP contribution in [0, 0.1) is 0 Å². The number of sulfonamides is 1. The van der Waals surface area contributed by atoms with Gasteiger partial charge in [-0.15, -0.1) is 0 Å². The SMILES string of the molecule is O=S(=O)(/C=C/c1ccc(Cl)cc1)Nc1cc(C(F)(F)F)ccc1N1CCOCC1. The van der Waals surface area contributed by atoms with Gasteiger partial charge in [0.2, 0.25) is 0 Å². The van der Waals surface area contributed by atoms with E-state index in [0.29, 0.717) is 42.6 Å². The molecule has 156 valence electrons. The van der Waals surface area contributed by atoms with Crippen molar-refractivity contribution in [2.24, 2.45) is 0 Å². The second-order valence-corrected chi connectivity index (χ2v) is 8.33. The van der Waals surface area contributed by atoms with E-state index in [1.54, 1.807) is 29.2 Å². The Kier molecular flexibility index (Phi) is 6.40. The molecule has 29 heavy (non-hydrogen) atoms. The number of halogens is 4. The Bertz CT molecular complexity index is 987. The normalized spacial score (nSPS) is 15.7. The van der Waals surface area contributed by atoms with Crippen molar-refractivity contribution in [3.05, 3.63) is 64.0 Å². The molecule has 0 radical (unpaired) electrons. The van der Waals surface area contributed by atoms with Gasteiger partial charge in [-0.3, -0.25) is 4.72 Å². The third kappa shape index (κ3) is 5.88. The third-order valence-electron chi connectivity index (χ3n) is 4.24. The molecule has 1 aliphatic rings. The largest absolute Gasteiger partial charge is 0.416 e. The van der Waals surface area contributed by atoms with Gasteiger partial charge in [-0.25, -0.2) is 8.42 Å². The van der Waals surface area contributed by atoms with Crippen LogP contribution in [0.1, 0.15) is 11.1 Å². The molecule has 1 N–H and O–H groups in total. The van der Waals surface area contributed by atoms with Gasteiger partial charge in [-0.1, -0.05) is 23.7 Å². The molecule has 1 heterocycles. The summed E-state index contributed by atoms with van der Waals surface area (Å²) in [4.78, 5) is 1.78. The van der Waals surface area contributed by atoms with E-state index in [1.807, 2.05) is 0 Å². The number of alkyl halides is 3. The van der Waals surface area contributed by atoms with Crippen molar-refractivity contribution in [2.45, 2.75) is 6.18 Å². The molecule has 1 fully saturated rings. The first kappa shape index (κ1) is 21.5. The van der Waals surface area contributed by atoms with E-state index in [0.717, 1.165) is 17.5 Å². The number of anilines is 2. The van der Waals surface area contributed by atoms with Gasteiger partial charge in [0.05, 0.1) is 35.6 Å². The van der Waals surface area contributed by atoms with Crippen LogP contribution in [-0.2, 0) is 20.9 Å². The van der Waals surface area contributed by atoms with E-state index in [4.69, 9.17) is 16.3 Å². The minimum atomic E-state index is -4.59. The lowest BCUT2D eigenvalue weighted by Gasteiger charge is -2.31. The fourth-order valence-electron chi connectivity index (χ4n) is 2.80. The first-order valence-electron chi connectivity index (χ1n) is 8.64. The number of rotatable bonds is 5. The predicted molar refractivity (Wildman–Crippen MR) is 108 cm³/mol. The number of nitrogens with one attached hydrogen (secondary N) is 1. The Hall–Kier alpha value is -2.23. The summed E-state index contributed by atoms with van der Waals surface area (Å²) in [5.74, 6) is 0. The second kappa shape index (κ2) is 8.64. The minimum absolute atomic E-state index is 0.137. The maximum absolute atomic E-state index is 13.1. The molecule has 0 spiro atoms. The first-order valence-corrected chi connectivity index (χ1v) is 10.6. The van der Waals surface area contributed by atoms with Gasteiger partial charge in [-0.05, 0) is 42.0 Å². The Morgan fingerprint density at radius 3 is 2.34 bits per heavy atom. The maximum atomic E-state index is 13.1. The summed E-state index contributed by atoms with van der Waals surface area (Å²) in [6, 6.07) is 9.46. The Morgan fingerprint density at radius 1 is 1.07 bits per heavy atom. The van der Waals surface area contributed by atoms with E-state index in [9.17, 15) is 21.6 Å². The number of ether oxygens (including phenoxy) is 1. The molecule has 0 aromatic heterocycles. The summed E-state index contributed by atoms with van der Waals surface area (Å²) in [5, 5.41) is 1.40. The van der Waals surface area contributed by atoms with Crippen molar-refractivity contribution in [3.8, 4) is 0 Å². The Morgan fingerprint density at radius 2 is 1.72 bits per heavy atom. The molecule has 3 rings (SSSR count). The molecule has 0 saturated carbocycles. The fraction of sp³-hybridized carbons (Fsp3) is 0.263. The van der Waals surface area contributed by atoms with Gasteiger partial charge in [0.1, 0.15) is 0 Å².